The maximum absolute atomic E-state index is 14.8. The highest BCUT2D eigenvalue weighted by atomic mass is 79.9. The van der Waals surface area contributed by atoms with E-state index in [4.69, 9.17) is 0 Å². The van der Waals surface area contributed by atoms with Gasteiger partial charge in [0, 0.05) is 28.5 Å². The first kappa shape index (κ1) is 17.3. The number of pyridine rings is 1. The van der Waals surface area contributed by atoms with Gasteiger partial charge in [-0.25, -0.2) is 9.37 Å². The fraction of sp³-hybridized carbons (Fsp3) is 0.190. The standard InChI is InChI=1S/C21H15BrFN3O2/c22-14-3-6-19-24-9-18(26(19)11-14)20(27)16-5-2-13(8-17(16)23)21(28)25-10-12-1-4-15(25)7-12/h2-3,5-6,8-11,15H,1,4,7H2. The molecule has 0 N–H and O–H groups in total. The second-order valence-electron chi connectivity index (χ2n) is 7.14. The van der Waals surface area contributed by atoms with Crippen LogP contribution in [0.15, 0.2) is 59.0 Å². The Morgan fingerprint density at radius 1 is 1.21 bits per heavy atom. The molecule has 5 nitrogen and oxygen atoms in total. The van der Waals surface area contributed by atoms with Gasteiger partial charge in [0.2, 0.25) is 5.78 Å². The van der Waals surface area contributed by atoms with Crippen molar-refractivity contribution in [1.82, 2.24) is 14.3 Å². The Bertz CT molecular complexity index is 1180. The predicted octanol–water partition coefficient (Wildman–Crippen LogP) is 4.36. The molecule has 1 saturated carbocycles. The molecule has 5 rings (SSSR count). The van der Waals surface area contributed by atoms with Crippen molar-refractivity contribution >= 4 is 33.3 Å². The van der Waals surface area contributed by atoms with E-state index >= 15 is 0 Å². The molecule has 1 amide bonds. The van der Waals surface area contributed by atoms with E-state index in [0.29, 0.717) is 5.65 Å². The van der Waals surface area contributed by atoms with Gasteiger partial charge in [0.25, 0.3) is 5.91 Å². The molecule has 1 aromatic carbocycles. The van der Waals surface area contributed by atoms with E-state index in [1.54, 1.807) is 21.6 Å². The second-order valence-corrected chi connectivity index (χ2v) is 8.05. The maximum atomic E-state index is 14.8. The average Bonchev–Trinajstić information content (AvgIpc) is 3.42. The Kier molecular flexibility index (Phi) is 3.94. The summed E-state index contributed by atoms with van der Waals surface area (Å²) in [7, 11) is 0. The average molecular weight is 440 g/mol. The van der Waals surface area contributed by atoms with Crippen molar-refractivity contribution in [3.63, 3.8) is 0 Å². The fourth-order valence-electron chi connectivity index (χ4n) is 3.98. The molecule has 1 aliphatic heterocycles. The molecule has 0 saturated heterocycles. The summed E-state index contributed by atoms with van der Waals surface area (Å²) < 4.78 is 17.2. The maximum Gasteiger partial charge on any atom is 0.258 e. The molecule has 3 heterocycles. The van der Waals surface area contributed by atoms with Gasteiger partial charge in [0.05, 0.1) is 11.8 Å². The molecule has 28 heavy (non-hydrogen) atoms. The van der Waals surface area contributed by atoms with Gasteiger partial charge in [-0.3, -0.25) is 14.0 Å². The van der Waals surface area contributed by atoms with E-state index < -0.39 is 11.6 Å². The Morgan fingerprint density at radius 2 is 2.07 bits per heavy atom. The van der Waals surface area contributed by atoms with Crippen LogP contribution in [-0.4, -0.2) is 32.0 Å². The number of hydrogen-bond donors (Lipinski definition) is 0. The van der Waals surface area contributed by atoms with Crippen LogP contribution in [0, 0.1) is 5.82 Å². The molecule has 1 atom stereocenters. The van der Waals surface area contributed by atoms with Crippen molar-refractivity contribution in [1.29, 1.82) is 0 Å². The van der Waals surface area contributed by atoms with Gasteiger partial charge in [0.15, 0.2) is 0 Å². The minimum atomic E-state index is -0.710. The summed E-state index contributed by atoms with van der Waals surface area (Å²) in [4.78, 5) is 31.5. The zero-order chi connectivity index (χ0) is 19.4. The van der Waals surface area contributed by atoms with Crippen LogP contribution in [0.3, 0.4) is 0 Å². The van der Waals surface area contributed by atoms with Crippen LogP contribution >= 0.6 is 15.9 Å². The lowest BCUT2D eigenvalue weighted by atomic mass is 10.0. The first-order valence-corrected chi connectivity index (χ1v) is 9.79. The molecule has 1 unspecified atom stereocenters. The predicted molar refractivity (Wildman–Crippen MR) is 105 cm³/mol. The van der Waals surface area contributed by atoms with Gasteiger partial charge in [-0.1, -0.05) is 5.57 Å². The lowest BCUT2D eigenvalue weighted by Gasteiger charge is -2.23. The number of imidazole rings is 1. The van der Waals surface area contributed by atoms with Gasteiger partial charge in [-0.2, -0.15) is 0 Å². The molecule has 0 spiro atoms. The third-order valence-electron chi connectivity index (χ3n) is 5.41. The topological polar surface area (TPSA) is 54.7 Å². The Balaban J connectivity index is 1.47. The third-order valence-corrected chi connectivity index (χ3v) is 5.88. The minimum absolute atomic E-state index is 0.0837. The van der Waals surface area contributed by atoms with Crippen molar-refractivity contribution in [2.45, 2.75) is 25.3 Å². The van der Waals surface area contributed by atoms with E-state index in [1.807, 2.05) is 12.3 Å². The number of rotatable bonds is 3. The highest BCUT2D eigenvalue weighted by Crippen LogP contribution is 2.36. The Hall–Kier alpha value is -2.80. The van der Waals surface area contributed by atoms with Gasteiger partial charge < -0.3 is 4.90 Å². The van der Waals surface area contributed by atoms with Crippen molar-refractivity contribution in [3.05, 3.63) is 81.6 Å². The van der Waals surface area contributed by atoms with E-state index in [2.05, 4.69) is 20.9 Å². The SMILES string of the molecule is O=C(c1ccc(C(=O)N2C=C3CCC2C3)cc1F)c1cnc2ccc(Br)cn12. The third kappa shape index (κ3) is 2.69. The number of nitrogens with zero attached hydrogens (tertiary/aromatic N) is 3. The minimum Gasteiger partial charge on any atom is -0.312 e. The van der Waals surface area contributed by atoms with Gasteiger partial charge in [-0.05, 0) is 65.5 Å². The van der Waals surface area contributed by atoms with Crippen molar-refractivity contribution in [2.75, 3.05) is 0 Å². The lowest BCUT2D eigenvalue weighted by molar-refractivity contribution is 0.0779. The molecule has 7 heteroatoms. The first-order valence-electron chi connectivity index (χ1n) is 9.00. The van der Waals surface area contributed by atoms with E-state index in [0.717, 1.165) is 29.8 Å². The molecule has 2 aliphatic rings. The molecule has 140 valence electrons. The molecular weight excluding hydrogens is 425 g/mol. The zero-order valence-electron chi connectivity index (χ0n) is 14.7. The number of fused-ring (bicyclic) bond motifs is 3. The number of hydrogen-bond acceptors (Lipinski definition) is 3. The largest absolute Gasteiger partial charge is 0.312 e. The van der Waals surface area contributed by atoms with Crippen molar-refractivity contribution in [3.8, 4) is 0 Å². The van der Waals surface area contributed by atoms with Crippen LogP contribution in [0.5, 0.6) is 0 Å². The Morgan fingerprint density at radius 3 is 2.79 bits per heavy atom. The number of amides is 1. The van der Waals surface area contributed by atoms with Gasteiger partial charge in [0.1, 0.15) is 17.2 Å². The van der Waals surface area contributed by atoms with Crippen molar-refractivity contribution < 1.29 is 14.0 Å². The van der Waals surface area contributed by atoms with E-state index in [1.165, 1.54) is 23.9 Å². The molecule has 3 aromatic rings. The van der Waals surface area contributed by atoms with Crippen LogP contribution in [0.4, 0.5) is 4.39 Å². The molecular formula is C21H15BrFN3O2. The smallest absolute Gasteiger partial charge is 0.258 e. The summed E-state index contributed by atoms with van der Waals surface area (Å²) in [5.41, 5.74) is 2.29. The fourth-order valence-corrected chi connectivity index (χ4v) is 4.32. The number of carbonyl (C=O) groups is 2. The van der Waals surface area contributed by atoms with Crippen LogP contribution in [0.25, 0.3) is 5.65 Å². The van der Waals surface area contributed by atoms with Gasteiger partial charge >= 0.3 is 0 Å². The molecule has 0 radical (unpaired) electrons. The van der Waals surface area contributed by atoms with Crippen LogP contribution in [0.2, 0.25) is 0 Å². The van der Waals surface area contributed by atoms with E-state index in [-0.39, 0.29) is 28.8 Å². The summed E-state index contributed by atoms with van der Waals surface area (Å²) in [6.07, 6.45) is 7.92. The first-order chi connectivity index (χ1) is 13.5. The summed E-state index contributed by atoms with van der Waals surface area (Å²) in [6, 6.07) is 7.81. The van der Waals surface area contributed by atoms with Crippen LogP contribution in [0.1, 0.15) is 45.7 Å². The molecule has 1 aliphatic carbocycles. The van der Waals surface area contributed by atoms with E-state index in [9.17, 15) is 14.0 Å². The monoisotopic (exact) mass is 439 g/mol. The molecule has 1 fully saturated rings. The Labute approximate surface area is 168 Å². The summed E-state index contributed by atoms with van der Waals surface area (Å²) in [6.45, 7) is 0. The number of benzene rings is 1. The van der Waals surface area contributed by atoms with Crippen molar-refractivity contribution in [2.24, 2.45) is 0 Å². The highest BCUT2D eigenvalue weighted by Gasteiger charge is 2.34. The molecule has 2 aromatic heterocycles. The summed E-state index contributed by atoms with van der Waals surface area (Å²) >= 11 is 3.36. The normalized spacial score (nSPS) is 18.0. The van der Waals surface area contributed by atoms with Gasteiger partial charge in [-0.15, -0.1) is 0 Å². The summed E-state index contributed by atoms with van der Waals surface area (Å²) in [5.74, 6) is -1.42. The second kappa shape index (κ2) is 6.38. The van der Waals surface area contributed by atoms with Crippen LogP contribution in [-0.2, 0) is 0 Å². The number of carbonyl (C=O) groups excluding carboxylic acids is 2. The number of aromatic nitrogens is 2. The van der Waals surface area contributed by atoms with Crippen LogP contribution < -0.4 is 0 Å². The summed E-state index contributed by atoms with van der Waals surface area (Å²) in [5, 5.41) is 0. The number of ketones is 1. The molecule has 2 bridgehead atoms. The zero-order valence-corrected chi connectivity index (χ0v) is 16.3. The lowest BCUT2D eigenvalue weighted by Crippen LogP contribution is -2.32. The number of halogens is 2. The highest BCUT2D eigenvalue weighted by molar-refractivity contribution is 9.10. The quantitative estimate of drug-likeness (QED) is 0.569.